The molecule has 0 heterocycles. The van der Waals surface area contributed by atoms with Crippen LogP contribution in [0.2, 0.25) is 0 Å². The Labute approximate surface area is 258 Å². The Morgan fingerprint density at radius 1 is 0.628 bits per heavy atom. The van der Waals surface area contributed by atoms with Crippen LogP contribution < -0.4 is 11.0 Å². The minimum atomic E-state index is -0.642. The van der Waals surface area contributed by atoms with Crippen molar-refractivity contribution in [2.24, 2.45) is 0 Å². The fraction of sp³-hybridized carbons (Fsp3) is 0.600. The molecule has 2 amide bonds. The van der Waals surface area contributed by atoms with E-state index < -0.39 is 6.09 Å². The van der Waals surface area contributed by atoms with Gasteiger partial charge < -0.3 is 9.47 Å². The summed E-state index contributed by atoms with van der Waals surface area (Å²) in [7, 11) is 0. The first kappa shape index (κ1) is 34.5. The summed E-state index contributed by atoms with van der Waals surface area (Å²) in [4.78, 5) is 34.3. The van der Waals surface area contributed by atoms with Gasteiger partial charge in [-0.3, -0.25) is 14.5 Å². The number of rotatable bonds is 24. The average Bonchev–Trinajstić information content (AvgIpc) is 3.35. The Bertz CT molecular complexity index is 1020. The van der Waals surface area contributed by atoms with Crippen molar-refractivity contribution >= 4 is 12.0 Å². The van der Waals surface area contributed by atoms with Gasteiger partial charge in [-0.15, -0.1) is 0 Å². The number of hydrogen-bond donors (Lipinski definition) is 2. The van der Waals surface area contributed by atoms with Crippen molar-refractivity contribution in [3.05, 3.63) is 59.7 Å². The second kappa shape index (κ2) is 21.7. The molecule has 1 aliphatic rings. The van der Waals surface area contributed by atoms with Crippen LogP contribution in [0, 0.1) is 0 Å². The summed E-state index contributed by atoms with van der Waals surface area (Å²) >= 11 is 0. The quantitative estimate of drug-likeness (QED) is 0.0942. The van der Waals surface area contributed by atoms with Crippen LogP contribution in [0.1, 0.15) is 114 Å². The number of hydroxylamine groups is 2. The normalized spacial score (nSPS) is 12.1. The van der Waals surface area contributed by atoms with Crippen molar-refractivity contribution in [3.63, 3.8) is 0 Å². The van der Waals surface area contributed by atoms with Crippen molar-refractivity contribution in [1.82, 2.24) is 11.0 Å². The molecule has 1 aliphatic carbocycles. The molecular weight excluding hydrogens is 544 g/mol. The van der Waals surface area contributed by atoms with Crippen LogP contribution in [-0.4, -0.2) is 45.0 Å². The highest BCUT2D eigenvalue weighted by Crippen LogP contribution is 2.44. The molecule has 0 saturated carbocycles. The topological polar surface area (TPSA) is 95.1 Å². The van der Waals surface area contributed by atoms with E-state index in [9.17, 15) is 9.59 Å². The zero-order chi connectivity index (χ0) is 30.4. The molecule has 0 aromatic heterocycles. The Morgan fingerprint density at radius 2 is 1.12 bits per heavy atom. The molecule has 0 unspecified atom stereocenters. The van der Waals surface area contributed by atoms with Crippen LogP contribution in [0.15, 0.2) is 48.5 Å². The van der Waals surface area contributed by atoms with Crippen LogP contribution in [0.3, 0.4) is 0 Å². The van der Waals surface area contributed by atoms with Gasteiger partial charge in [-0.25, -0.2) is 10.3 Å². The van der Waals surface area contributed by atoms with E-state index in [1.54, 1.807) is 0 Å². The Hall–Kier alpha value is -2.94. The monoisotopic (exact) mass is 596 g/mol. The van der Waals surface area contributed by atoms with Crippen LogP contribution in [0.25, 0.3) is 11.1 Å². The molecule has 0 aliphatic heterocycles. The second-order valence-corrected chi connectivity index (χ2v) is 11.3. The van der Waals surface area contributed by atoms with Gasteiger partial charge in [-0.2, -0.15) is 5.48 Å². The zero-order valence-electron chi connectivity index (χ0n) is 26.1. The third kappa shape index (κ3) is 13.5. The van der Waals surface area contributed by atoms with Gasteiger partial charge in [0.15, 0.2) is 0 Å². The number of ether oxygens (including phenoxy) is 2. The molecule has 3 rings (SSSR count). The Kier molecular flexibility index (Phi) is 17.4. The largest absolute Gasteiger partial charge is 0.447 e. The standard InChI is InChI=1S/C35H52N2O6/c1-2-3-4-5-6-7-8-9-10-11-12-13-14-23-34(38)36-42-26-24-40-25-27-43-37-35(39)41-28-33-31-21-17-15-19-29(31)30-20-16-18-22-32(30)33/h15-22,33H,2-14,23-28H2,1H3,(H,36,38)(H,37,39). The van der Waals surface area contributed by atoms with E-state index >= 15 is 0 Å². The summed E-state index contributed by atoms with van der Waals surface area (Å²) in [6.07, 6.45) is 16.5. The maximum absolute atomic E-state index is 12.1. The smallest absolute Gasteiger partial charge is 0.431 e. The van der Waals surface area contributed by atoms with Crippen molar-refractivity contribution in [2.45, 2.75) is 103 Å². The number of amides is 2. The van der Waals surface area contributed by atoms with E-state index in [2.05, 4.69) is 42.1 Å². The fourth-order valence-corrected chi connectivity index (χ4v) is 5.53. The maximum atomic E-state index is 12.1. The number of benzene rings is 2. The van der Waals surface area contributed by atoms with Gasteiger partial charge in [0.2, 0.25) is 5.91 Å². The number of hydrogen-bond acceptors (Lipinski definition) is 6. The van der Waals surface area contributed by atoms with Crippen molar-refractivity contribution in [2.75, 3.05) is 33.0 Å². The van der Waals surface area contributed by atoms with E-state index in [1.165, 1.54) is 81.8 Å². The van der Waals surface area contributed by atoms with Gasteiger partial charge in [0.05, 0.1) is 26.4 Å². The molecule has 238 valence electrons. The van der Waals surface area contributed by atoms with Gasteiger partial charge >= 0.3 is 6.09 Å². The number of carbonyl (C=O) groups is 2. The lowest BCUT2D eigenvalue weighted by atomic mass is 9.98. The number of unbranched alkanes of at least 4 members (excludes halogenated alkanes) is 12. The van der Waals surface area contributed by atoms with Crippen molar-refractivity contribution in [1.29, 1.82) is 0 Å². The molecule has 0 bridgehead atoms. The molecule has 8 heteroatoms. The van der Waals surface area contributed by atoms with Crippen molar-refractivity contribution < 1.29 is 28.7 Å². The molecule has 2 N–H and O–H groups in total. The van der Waals surface area contributed by atoms with E-state index in [1.807, 2.05) is 24.3 Å². The lowest BCUT2D eigenvalue weighted by molar-refractivity contribution is -0.135. The highest BCUT2D eigenvalue weighted by Gasteiger charge is 2.29. The summed E-state index contributed by atoms with van der Waals surface area (Å²) in [6, 6.07) is 16.4. The highest BCUT2D eigenvalue weighted by molar-refractivity contribution is 5.79. The van der Waals surface area contributed by atoms with E-state index in [0.29, 0.717) is 13.0 Å². The lowest BCUT2D eigenvalue weighted by Gasteiger charge is -2.14. The summed E-state index contributed by atoms with van der Waals surface area (Å²) < 4.78 is 10.8. The van der Waals surface area contributed by atoms with Gasteiger partial charge in [-0.05, 0) is 28.7 Å². The molecule has 2 aromatic rings. The molecule has 0 radical (unpaired) electrons. The average molecular weight is 597 g/mol. The van der Waals surface area contributed by atoms with Crippen molar-refractivity contribution in [3.8, 4) is 11.1 Å². The molecule has 0 fully saturated rings. The number of nitrogens with one attached hydrogen (secondary N) is 2. The lowest BCUT2D eigenvalue weighted by Crippen LogP contribution is -2.28. The maximum Gasteiger partial charge on any atom is 0.431 e. The van der Waals surface area contributed by atoms with Crippen LogP contribution in [0.5, 0.6) is 0 Å². The van der Waals surface area contributed by atoms with E-state index in [-0.39, 0.29) is 38.3 Å². The predicted molar refractivity (Wildman–Crippen MR) is 169 cm³/mol. The van der Waals surface area contributed by atoms with E-state index in [4.69, 9.17) is 19.1 Å². The van der Waals surface area contributed by atoms with Gasteiger partial charge in [0, 0.05) is 12.3 Å². The van der Waals surface area contributed by atoms with Crippen LogP contribution in [-0.2, 0) is 23.9 Å². The summed E-state index contributed by atoms with van der Waals surface area (Å²) in [6.45, 7) is 3.45. The first-order chi connectivity index (χ1) is 21.2. The molecule has 0 saturated heterocycles. The first-order valence-electron chi connectivity index (χ1n) is 16.4. The molecule has 8 nitrogen and oxygen atoms in total. The van der Waals surface area contributed by atoms with E-state index in [0.717, 1.165) is 24.0 Å². The predicted octanol–water partition coefficient (Wildman–Crippen LogP) is 8.00. The number of fused-ring (bicyclic) bond motifs is 3. The molecule has 0 atom stereocenters. The zero-order valence-corrected chi connectivity index (χ0v) is 26.1. The Balaban J connectivity index is 1.07. The summed E-state index contributed by atoms with van der Waals surface area (Å²) in [5.74, 6) is -0.102. The number of carbonyl (C=O) groups excluding carboxylic acids is 2. The van der Waals surface area contributed by atoms with Gasteiger partial charge in [-0.1, -0.05) is 133 Å². The summed E-state index contributed by atoms with van der Waals surface area (Å²) in [5, 5.41) is 0. The fourth-order valence-electron chi connectivity index (χ4n) is 5.53. The minimum absolute atomic E-state index is 0.00338. The van der Waals surface area contributed by atoms with Crippen LogP contribution >= 0.6 is 0 Å². The highest BCUT2D eigenvalue weighted by atomic mass is 16.7. The second-order valence-electron chi connectivity index (χ2n) is 11.3. The van der Waals surface area contributed by atoms with Gasteiger partial charge in [0.1, 0.15) is 6.61 Å². The first-order valence-corrected chi connectivity index (χ1v) is 16.4. The third-order valence-electron chi connectivity index (χ3n) is 7.85. The summed E-state index contributed by atoms with van der Waals surface area (Å²) in [5.41, 5.74) is 9.43. The third-order valence-corrected chi connectivity index (χ3v) is 7.85. The molecule has 0 spiro atoms. The van der Waals surface area contributed by atoms with Gasteiger partial charge in [0.25, 0.3) is 0 Å². The Morgan fingerprint density at radius 3 is 1.67 bits per heavy atom. The van der Waals surface area contributed by atoms with Crippen LogP contribution in [0.4, 0.5) is 4.79 Å². The molecular formula is C35H52N2O6. The molecule has 43 heavy (non-hydrogen) atoms. The SMILES string of the molecule is CCCCCCCCCCCCCCCC(=O)NOCCOCCONC(=O)OCC1c2ccccc2-c2ccccc21. The molecule has 2 aromatic carbocycles. The minimum Gasteiger partial charge on any atom is -0.447 e.